The summed E-state index contributed by atoms with van der Waals surface area (Å²) in [6, 6.07) is 4.04. The highest BCUT2D eigenvalue weighted by Crippen LogP contribution is 2.38. The topological polar surface area (TPSA) is 79.2 Å². The van der Waals surface area contributed by atoms with Crippen molar-refractivity contribution in [2.75, 3.05) is 11.9 Å². The van der Waals surface area contributed by atoms with Gasteiger partial charge in [-0.1, -0.05) is 0 Å². The second-order valence-electron chi connectivity index (χ2n) is 5.22. The molecular formula is C17H14N2O3S2. The maximum Gasteiger partial charge on any atom is 0.331 e. The van der Waals surface area contributed by atoms with Crippen LogP contribution in [0.4, 0.5) is 5.00 Å². The Bertz CT molecular complexity index is 829. The number of carbonyl (C=O) groups excluding carboxylic acids is 2. The van der Waals surface area contributed by atoms with Crippen LogP contribution in [0, 0.1) is 11.3 Å². The summed E-state index contributed by atoms with van der Waals surface area (Å²) in [6.07, 6.45) is 5.81. The number of hydrogen-bond acceptors (Lipinski definition) is 6. The van der Waals surface area contributed by atoms with Crippen LogP contribution in [0.3, 0.4) is 0 Å². The van der Waals surface area contributed by atoms with Gasteiger partial charge >= 0.3 is 5.97 Å². The molecule has 24 heavy (non-hydrogen) atoms. The van der Waals surface area contributed by atoms with Gasteiger partial charge in [-0.2, -0.15) is 16.6 Å². The first-order valence-electron chi connectivity index (χ1n) is 7.39. The van der Waals surface area contributed by atoms with Crippen molar-refractivity contribution in [2.24, 2.45) is 0 Å². The number of nitriles is 1. The normalized spacial score (nSPS) is 12.8. The summed E-state index contributed by atoms with van der Waals surface area (Å²) in [4.78, 5) is 24.7. The van der Waals surface area contributed by atoms with E-state index < -0.39 is 11.9 Å². The third kappa shape index (κ3) is 3.72. The molecule has 1 N–H and O–H groups in total. The summed E-state index contributed by atoms with van der Waals surface area (Å²) in [7, 11) is 0. The number of esters is 1. The third-order valence-electron chi connectivity index (χ3n) is 3.59. The predicted molar refractivity (Wildman–Crippen MR) is 94.0 cm³/mol. The lowest BCUT2D eigenvalue weighted by Gasteiger charge is -2.04. The van der Waals surface area contributed by atoms with E-state index in [2.05, 4.69) is 11.4 Å². The number of hydrogen-bond donors (Lipinski definition) is 1. The Kier molecular flexibility index (Phi) is 5.08. The van der Waals surface area contributed by atoms with Crippen molar-refractivity contribution >= 4 is 45.6 Å². The van der Waals surface area contributed by atoms with Crippen molar-refractivity contribution in [3.8, 4) is 6.07 Å². The number of amides is 1. The van der Waals surface area contributed by atoms with Gasteiger partial charge in [0, 0.05) is 11.0 Å². The Hall–Kier alpha value is -2.43. The maximum absolute atomic E-state index is 11.9. The molecule has 122 valence electrons. The van der Waals surface area contributed by atoms with E-state index in [0.717, 1.165) is 35.3 Å². The number of nitrogens with one attached hydrogen (secondary N) is 1. The van der Waals surface area contributed by atoms with Crippen LogP contribution in [-0.4, -0.2) is 18.5 Å². The lowest BCUT2D eigenvalue weighted by Crippen LogP contribution is -2.20. The minimum Gasteiger partial charge on any atom is -0.452 e. The molecule has 0 spiro atoms. The molecule has 7 heteroatoms. The number of rotatable bonds is 5. The van der Waals surface area contributed by atoms with Gasteiger partial charge in [0.25, 0.3) is 5.91 Å². The molecule has 3 rings (SSSR count). The molecule has 0 saturated heterocycles. The molecule has 1 aliphatic carbocycles. The summed E-state index contributed by atoms with van der Waals surface area (Å²) < 4.78 is 4.91. The lowest BCUT2D eigenvalue weighted by molar-refractivity contribution is -0.142. The Morgan fingerprint density at radius 1 is 1.42 bits per heavy atom. The number of nitrogens with zero attached hydrogens (tertiary/aromatic N) is 1. The average Bonchev–Trinajstić information content (AvgIpc) is 3.28. The number of thiophene rings is 2. The molecule has 0 atom stereocenters. The van der Waals surface area contributed by atoms with Crippen molar-refractivity contribution in [1.82, 2.24) is 0 Å². The van der Waals surface area contributed by atoms with Gasteiger partial charge in [0.15, 0.2) is 6.61 Å². The van der Waals surface area contributed by atoms with Crippen molar-refractivity contribution in [1.29, 1.82) is 5.26 Å². The highest BCUT2D eigenvalue weighted by molar-refractivity contribution is 7.16. The molecule has 2 aromatic heterocycles. The van der Waals surface area contributed by atoms with Crippen LogP contribution in [0.25, 0.3) is 6.08 Å². The fourth-order valence-corrected chi connectivity index (χ4v) is 4.38. The van der Waals surface area contributed by atoms with E-state index in [-0.39, 0.29) is 6.61 Å². The molecule has 0 unspecified atom stereocenters. The maximum atomic E-state index is 11.9. The zero-order valence-corrected chi connectivity index (χ0v) is 14.3. The molecule has 0 aromatic carbocycles. The quantitative estimate of drug-likeness (QED) is 0.656. The van der Waals surface area contributed by atoms with E-state index in [1.165, 1.54) is 28.7 Å². The third-order valence-corrected chi connectivity index (χ3v) is 5.50. The van der Waals surface area contributed by atoms with Gasteiger partial charge in [0.1, 0.15) is 11.1 Å². The van der Waals surface area contributed by atoms with Crippen LogP contribution in [0.1, 0.15) is 28.0 Å². The van der Waals surface area contributed by atoms with Gasteiger partial charge in [-0.05, 0) is 53.3 Å². The molecule has 2 heterocycles. The first kappa shape index (κ1) is 16.4. The largest absolute Gasteiger partial charge is 0.452 e. The second-order valence-corrected chi connectivity index (χ2v) is 7.10. The number of aryl methyl sites for hydroxylation is 1. The molecule has 1 aliphatic rings. The SMILES string of the molecule is N#Cc1c(NC(=O)COC(=O)/C=C/c2ccsc2)sc2c1CCC2. The monoisotopic (exact) mass is 358 g/mol. The zero-order chi connectivity index (χ0) is 16.9. The van der Waals surface area contributed by atoms with Crippen molar-refractivity contribution in [2.45, 2.75) is 19.3 Å². The minimum absolute atomic E-state index is 0.375. The minimum atomic E-state index is -0.578. The zero-order valence-electron chi connectivity index (χ0n) is 12.7. The fraction of sp³-hybridized carbons (Fsp3) is 0.235. The van der Waals surface area contributed by atoms with E-state index in [1.807, 2.05) is 16.8 Å². The molecule has 1 amide bonds. The van der Waals surface area contributed by atoms with Crippen LogP contribution in [-0.2, 0) is 27.2 Å². The molecule has 0 bridgehead atoms. The van der Waals surface area contributed by atoms with E-state index in [9.17, 15) is 14.9 Å². The second kappa shape index (κ2) is 7.43. The summed E-state index contributed by atoms with van der Waals surface area (Å²) in [5.74, 6) is -1.02. The van der Waals surface area contributed by atoms with Gasteiger partial charge in [0.2, 0.25) is 0 Å². The molecule has 0 fully saturated rings. The summed E-state index contributed by atoms with van der Waals surface area (Å²) >= 11 is 2.97. The number of ether oxygens (including phenoxy) is 1. The van der Waals surface area contributed by atoms with Crippen LogP contribution < -0.4 is 5.32 Å². The van der Waals surface area contributed by atoms with Crippen molar-refractivity contribution in [3.63, 3.8) is 0 Å². The van der Waals surface area contributed by atoms with Gasteiger partial charge in [-0.15, -0.1) is 11.3 Å². The van der Waals surface area contributed by atoms with Crippen LogP contribution in [0.2, 0.25) is 0 Å². The van der Waals surface area contributed by atoms with E-state index >= 15 is 0 Å². The summed E-state index contributed by atoms with van der Waals surface area (Å²) in [5, 5.41) is 16.3. The first-order valence-corrected chi connectivity index (χ1v) is 9.15. The molecule has 0 aliphatic heterocycles. The smallest absolute Gasteiger partial charge is 0.331 e. The van der Waals surface area contributed by atoms with Gasteiger partial charge in [-0.3, -0.25) is 4.79 Å². The number of anilines is 1. The molecule has 0 saturated carbocycles. The van der Waals surface area contributed by atoms with E-state index in [0.29, 0.717) is 10.6 Å². The van der Waals surface area contributed by atoms with Gasteiger partial charge in [0.05, 0.1) is 5.56 Å². The Balaban J connectivity index is 1.53. The summed E-state index contributed by atoms with van der Waals surface area (Å²) in [5.41, 5.74) is 2.51. The Morgan fingerprint density at radius 3 is 3.04 bits per heavy atom. The molecule has 5 nitrogen and oxygen atoms in total. The predicted octanol–water partition coefficient (Wildman–Crippen LogP) is 3.37. The van der Waals surface area contributed by atoms with Crippen LogP contribution in [0.5, 0.6) is 0 Å². The average molecular weight is 358 g/mol. The highest BCUT2D eigenvalue weighted by atomic mass is 32.1. The van der Waals surface area contributed by atoms with Crippen LogP contribution >= 0.6 is 22.7 Å². The molecule has 2 aromatic rings. The molecular weight excluding hydrogens is 344 g/mol. The highest BCUT2D eigenvalue weighted by Gasteiger charge is 2.23. The van der Waals surface area contributed by atoms with E-state index in [1.54, 1.807) is 6.08 Å². The van der Waals surface area contributed by atoms with Crippen molar-refractivity contribution in [3.05, 3.63) is 44.5 Å². The van der Waals surface area contributed by atoms with Crippen molar-refractivity contribution < 1.29 is 14.3 Å². The van der Waals surface area contributed by atoms with Gasteiger partial charge < -0.3 is 10.1 Å². The first-order chi connectivity index (χ1) is 11.7. The van der Waals surface area contributed by atoms with Gasteiger partial charge in [-0.25, -0.2) is 4.79 Å². The molecule has 0 radical (unpaired) electrons. The van der Waals surface area contributed by atoms with E-state index in [4.69, 9.17) is 4.74 Å². The summed E-state index contributed by atoms with van der Waals surface area (Å²) in [6.45, 7) is -0.375. The lowest BCUT2D eigenvalue weighted by atomic mass is 10.1. The number of carbonyl (C=O) groups is 2. The standard InChI is InChI=1S/C17H14N2O3S2/c18-8-13-12-2-1-3-14(12)24-17(13)19-15(20)9-22-16(21)5-4-11-6-7-23-10-11/h4-7,10H,1-3,9H2,(H,19,20)/b5-4+. The Labute approximate surface area is 147 Å². The van der Waals surface area contributed by atoms with Crippen LogP contribution in [0.15, 0.2) is 22.9 Å². The number of fused-ring (bicyclic) bond motifs is 1. The fourth-order valence-electron chi connectivity index (χ4n) is 2.49. The Morgan fingerprint density at radius 2 is 2.29 bits per heavy atom.